The van der Waals surface area contributed by atoms with Gasteiger partial charge in [0.25, 0.3) is 0 Å². The first-order chi connectivity index (χ1) is 9.35. The molecule has 1 heterocycles. The smallest absolute Gasteiger partial charge is 0.145 e. The molecule has 0 fully saturated rings. The van der Waals surface area contributed by atoms with Gasteiger partial charge < -0.3 is 10.1 Å². The molecular weight excluding hydrogens is 238 g/mol. The number of hydrogen-bond acceptors (Lipinski definition) is 4. The molecule has 0 saturated heterocycles. The number of aromatic nitrogens is 2. The van der Waals surface area contributed by atoms with Crippen molar-refractivity contribution in [1.82, 2.24) is 9.97 Å². The van der Waals surface area contributed by atoms with Crippen molar-refractivity contribution in [1.29, 1.82) is 0 Å². The minimum atomic E-state index is 0.706. The minimum Gasteiger partial charge on any atom is -0.493 e. The summed E-state index contributed by atoms with van der Waals surface area (Å²) < 4.78 is 5.75. The largest absolute Gasteiger partial charge is 0.493 e. The van der Waals surface area contributed by atoms with Crippen LogP contribution in [0.2, 0.25) is 0 Å². The average Bonchev–Trinajstić information content (AvgIpc) is 2.46. The van der Waals surface area contributed by atoms with Crippen LogP contribution in [-0.2, 0) is 0 Å². The third-order valence-corrected chi connectivity index (χ3v) is 2.62. The van der Waals surface area contributed by atoms with Crippen LogP contribution in [-0.4, -0.2) is 23.1 Å². The van der Waals surface area contributed by atoms with Gasteiger partial charge in [-0.1, -0.05) is 19.1 Å². The fourth-order valence-electron chi connectivity index (χ4n) is 1.78. The van der Waals surface area contributed by atoms with E-state index in [1.807, 2.05) is 31.2 Å². The molecule has 19 heavy (non-hydrogen) atoms. The Kier molecular flexibility index (Phi) is 4.72. The molecular formula is C15H19N3O. The number of rotatable bonds is 6. The summed E-state index contributed by atoms with van der Waals surface area (Å²) in [4.78, 5) is 8.77. The lowest BCUT2D eigenvalue weighted by Gasteiger charge is -2.11. The van der Waals surface area contributed by atoms with Crippen molar-refractivity contribution in [2.75, 3.05) is 18.5 Å². The molecule has 0 aliphatic heterocycles. The molecule has 0 aliphatic carbocycles. The summed E-state index contributed by atoms with van der Waals surface area (Å²) in [6.07, 6.45) is 4.47. The van der Waals surface area contributed by atoms with Gasteiger partial charge in [0.1, 0.15) is 11.6 Å². The first-order valence-electron chi connectivity index (χ1n) is 6.63. The Labute approximate surface area is 113 Å². The highest BCUT2D eigenvalue weighted by Crippen LogP contribution is 2.28. The number of ether oxygens (including phenoxy) is 1. The lowest BCUT2D eigenvalue weighted by atomic mass is 10.1. The van der Waals surface area contributed by atoms with Gasteiger partial charge in [0, 0.05) is 12.1 Å². The van der Waals surface area contributed by atoms with Crippen molar-refractivity contribution >= 4 is 5.82 Å². The SMILES string of the molecule is CCCOc1ccccc1-c1cncc(NCC)n1. The van der Waals surface area contributed by atoms with E-state index in [0.29, 0.717) is 6.61 Å². The maximum Gasteiger partial charge on any atom is 0.145 e. The lowest BCUT2D eigenvalue weighted by molar-refractivity contribution is 0.318. The van der Waals surface area contributed by atoms with E-state index in [1.54, 1.807) is 12.4 Å². The van der Waals surface area contributed by atoms with Crippen LogP contribution >= 0.6 is 0 Å². The lowest BCUT2D eigenvalue weighted by Crippen LogP contribution is -2.02. The predicted octanol–water partition coefficient (Wildman–Crippen LogP) is 3.36. The van der Waals surface area contributed by atoms with Crippen molar-refractivity contribution in [3.63, 3.8) is 0 Å². The highest BCUT2D eigenvalue weighted by atomic mass is 16.5. The van der Waals surface area contributed by atoms with Crippen LogP contribution < -0.4 is 10.1 Å². The van der Waals surface area contributed by atoms with E-state index in [2.05, 4.69) is 22.2 Å². The van der Waals surface area contributed by atoms with Crippen molar-refractivity contribution in [2.45, 2.75) is 20.3 Å². The summed E-state index contributed by atoms with van der Waals surface area (Å²) in [5, 5.41) is 3.17. The van der Waals surface area contributed by atoms with Crippen molar-refractivity contribution < 1.29 is 4.74 Å². The van der Waals surface area contributed by atoms with E-state index in [9.17, 15) is 0 Å². The summed E-state index contributed by atoms with van der Waals surface area (Å²) in [5.41, 5.74) is 1.80. The molecule has 1 aromatic heterocycles. The molecule has 1 aromatic carbocycles. The zero-order valence-corrected chi connectivity index (χ0v) is 11.4. The third-order valence-electron chi connectivity index (χ3n) is 2.62. The van der Waals surface area contributed by atoms with Crippen LogP contribution in [0.3, 0.4) is 0 Å². The highest BCUT2D eigenvalue weighted by molar-refractivity contribution is 5.67. The highest BCUT2D eigenvalue weighted by Gasteiger charge is 2.08. The summed E-state index contributed by atoms with van der Waals surface area (Å²) in [7, 11) is 0. The zero-order chi connectivity index (χ0) is 13.5. The quantitative estimate of drug-likeness (QED) is 0.862. The summed E-state index contributed by atoms with van der Waals surface area (Å²) in [6.45, 7) is 5.66. The van der Waals surface area contributed by atoms with E-state index in [4.69, 9.17) is 4.74 Å². The maximum atomic E-state index is 5.75. The molecule has 0 atom stereocenters. The van der Waals surface area contributed by atoms with Gasteiger partial charge in [0.15, 0.2) is 0 Å². The molecule has 0 aliphatic rings. The van der Waals surface area contributed by atoms with Gasteiger partial charge in [-0.05, 0) is 25.5 Å². The second kappa shape index (κ2) is 6.73. The molecule has 1 N–H and O–H groups in total. The number of benzene rings is 1. The van der Waals surface area contributed by atoms with E-state index in [0.717, 1.165) is 35.8 Å². The van der Waals surface area contributed by atoms with Gasteiger partial charge >= 0.3 is 0 Å². The Balaban J connectivity index is 2.32. The van der Waals surface area contributed by atoms with Crippen LogP contribution in [0.5, 0.6) is 5.75 Å². The van der Waals surface area contributed by atoms with Crippen LogP contribution in [0.25, 0.3) is 11.3 Å². The molecule has 0 unspecified atom stereocenters. The van der Waals surface area contributed by atoms with Gasteiger partial charge in [0.2, 0.25) is 0 Å². The number of anilines is 1. The first kappa shape index (κ1) is 13.3. The van der Waals surface area contributed by atoms with Gasteiger partial charge in [0.05, 0.1) is 24.7 Å². The summed E-state index contributed by atoms with van der Waals surface area (Å²) >= 11 is 0. The second-order valence-corrected chi connectivity index (χ2v) is 4.16. The van der Waals surface area contributed by atoms with Crippen LogP contribution in [0.15, 0.2) is 36.7 Å². The second-order valence-electron chi connectivity index (χ2n) is 4.16. The zero-order valence-electron chi connectivity index (χ0n) is 11.4. The van der Waals surface area contributed by atoms with E-state index < -0.39 is 0 Å². The van der Waals surface area contributed by atoms with Crippen molar-refractivity contribution in [3.8, 4) is 17.0 Å². The molecule has 2 rings (SSSR count). The number of para-hydroxylation sites is 1. The van der Waals surface area contributed by atoms with Gasteiger partial charge in [-0.25, -0.2) is 4.98 Å². The first-order valence-corrected chi connectivity index (χ1v) is 6.63. The third kappa shape index (κ3) is 3.44. The Hall–Kier alpha value is -2.10. The van der Waals surface area contributed by atoms with Crippen LogP contribution in [0.1, 0.15) is 20.3 Å². The predicted molar refractivity (Wildman–Crippen MR) is 77.4 cm³/mol. The normalized spacial score (nSPS) is 10.2. The van der Waals surface area contributed by atoms with E-state index in [-0.39, 0.29) is 0 Å². The van der Waals surface area contributed by atoms with Crippen LogP contribution in [0.4, 0.5) is 5.82 Å². The monoisotopic (exact) mass is 257 g/mol. The van der Waals surface area contributed by atoms with Crippen molar-refractivity contribution in [2.24, 2.45) is 0 Å². The Morgan fingerprint density at radius 3 is 2.79 bits per heavy atom. The van der Waals surface area contributed by atoms with Gasteiger partial charge in [-0.3, -0.25) is 4.98 Å². The topological polar surface area (TPSA) is 47.0 Å². The summed E-state index contributed by atoms with van der Waals surface area (Å²) in [6, 6.07) is 7.92. The molecule has 0 amide bonds. The van der Waals surface area contributed by atoms with Gasteiger partial charge in [-0.2, -0.15) is 0 Å². The average molecular weight is 257 g/mol. The molecule has 0 spiro atoms. The minimum absolute atomic E-state index is 0.706. The number of nitrogens with zero attached hydrogens (tertiary/aromatic N) is 2. The number of hydrogen-bond donors (Lipinski definition) is 1. The Morgan fingerprint density at radius 2 is 2.00 bits per heavy atom. The van der Waals surface area contributed by atoms with Gasteiger partial charge in [-0.15, -0.1) is 0 Å². The summed E-state index contributed by atoms with van der Waals surface area (Å²) in [5.74, 6) is 1.64. The molecule has 100 valence electrons. The molecule has 2 aromatic rings. The fourth-order valence-corrected chi connectivity index (χ4v) is 1.78. The van der Waals surface area contributed by atoms with Crippen molar-refractivity contribution in [3.05, 3.63) is 36.7 Å². The fraction of sp³-hybridized carbons (Fsp3) is 0.333. The Morgan fingerprint density at radius 1 is 1.16 bits per heavy atom. The Bertz CT molecular complexity index is 528. The molecule has 0 saturated carbocycles. The standard InChI is InChI=1S/C15H19N3O/c1-3-9-19-14-8-6-5-7-12(14)13-10-16-11-15(18-13)17-4-2/h5-8,10-11H,3-4,9H2,1-2H3,(H,17,18). The molecule has 4 heteroatoms. The molecule has 0 radical (unpaired) electrons. The number of nitrogens with one attached hydrogen (secondary N) is 1. The molecule has 0 bridgehead atoms. The van der Waals surface area contributed by atoms with E-state index >= 15 is 0 Å². The van der Waals surface area contributed by atoms with Crippen LogP contribution in [0, 0.1) is 0 Å². The van der Waals surface area contributed by atoms with E-state index in [1.165, 1.54) is 0 Å². The molecule has 4 nitrogen and oxygen atoms in total. The maximum absolute atomic E-state index is 5.75.